The van der Waals surface area contributed by atoms with Crippen LogP contribution in [0.15, 0.2) is 24.3 Å². The largest absolute Gasteiger partial charge is 0.508 e. The molecule has 0 amide bonds. The molecule has 1 aromatic carbocycles. The van der Waals surface area contributed by atoms with Crippen LogP contribution in [0.25, 0.3) is 0 Å². The summed E-state index contributed by atoms with van der Waals surface area (Å²) < 4.78 is 0. The number of rotatable bonds is 4. The quantitative estimate of drug-likeness (QED) is 0.877. The van der Waals surface area contributed by atoms with Crippen LogP contribution < -0.4 is 5.73 Å². The second-order valence-electron chi connectivity index (χ2n) is 5.68. The molecule has 0 aromatic heterocycles. The molecular formula is C16H26N2O. The topological polar surface area (TPSA) is 49.5 Å². The number of phenolic OH excluding ortho intramolecular Hbond substituents is 1. The van der Waals surface area contributed by atoms with Gasteiger partial charge in [0.05, 0.1) is 0 Å². The lowest BCUT2D eigenvalue weighted by molar-refractivity contribution is 0.0595. The molecular weight excluding hydrogens is 236 g/mol. The maximum atomic E-state index is 9.43. The predicted octanol–water partition coefficient (Wildman–Crippen LogP) is 2.90. The van der Waals surface area contributed by atoms with E-state index in [1.165, 1.54) is 18.4 Å². The van der Waals surface area contributed by atoms with Gasteiger partial charge in [0.15, 0.2) is 0 Å². The second kappa shape index (κ2) is 6.40. The zero-order valence-corrected chi connectivity index (χ0v) is 12.0. The van der Waals surface area contributed by atoms with Crippen molar-refractivity contribution in [3.63, 3.8) is 0 Å². The van der Waals surface area contributed by atoms with E-state index in [0.717, 1.165) is 19.5 Å². The highest BCUT2D eigenvalue weighted by Gasteiger charge is 2.32. The Balaban J connectivity index is 2.22. The van der Waals surface area contributed by atoms with Crippen molar-refractivity contribution in [2.75, 3.05) is 13.1 Å². The summed E-state index contributed by atoms with van der Waals surface area (Å²) in [4.78, 5) is 2.57. The molecule has 0 radical (unpaired) electrons. The van der Waals surface area contributed by atoms with Gasteiger partial charge in [0.25, 0.3) is 0 Å². The highest BCUT2D eigenvalue weighted by molar-refractivity contribution is 5.28. The standard InChI is InChI=1S/C16H26N2O/c1-3-15(13-6-8-14(19)9-7-13)18-10-4-5-12(2)16(18)11-17/h6-9,12,15-16,19H,3-5,10-11,17H2,1-2H3. The van der Waals surface area contributed by atoms with Gasteiger partial charge >= 0.3 is 0 Å². The van der Waals surface area contributed by atoms with Gasteiger partial charge in [0, 0.05) is 18.6 Å². The van der Waals surface area contributed by atoms with Crippen molar-refractivity contribution in [3.05, 3.63) is 29.8 Å². The summed E-state index contributed by atoms with van der Waals surface area (Å²) in [5, 5.41) is 9.43. The molecule has 0 saturated carbocycles. The molecule has 19 heavy (non-hydrogen) atoms. The summed E-state index contributed by atoms with van der Waals surface area (Å²) in [5.41, 5.74) is 7.28. The van der Waals surface area contributed by atoms with Crippen molar-refractivity contribution in [2.45, 2.75) is 45.2 Å². The third-order valence-corrected chi connectivity index (χ3v) is 4.46. The van der Waals surface area contributed by atoms with Crippen LogP contribution in [-0.2, 0) is 0 Å². The minimum atomic E-state index is 0.334. The molecule has 1 aliphatic heterocycles. The zero-order valence-electron chi connectivity index (χ0n) is 12.0. The first-order chi connectivity index (χ1) is 9.17. The average Bonchev–Trinajstić information content (AvgIpc) is 2.42. The monoisotopic (exact) mass is 262 g/mol. The lowest BCUT2D eigenvalue weighted by Crippen LogP contribution is -2.49. The van der Waals surface area contributed by atoms with Crippen molar-refractivity contribution < 1.29 is 5.11 Å². The van der Waals surface area contributed by atoms with Gasteiger partial charge < -0.3 is 10.8 Å². The molecule has 0 bridgehead atoms. The SMILES string of the molecule is CCC(c1ccc(O)cc1)N1CCCC(C)C1CN. The maximum absolute atomic E-state index is 9.43. The van der Waals surface area contributed by atoms with E-state index < -0.39 is 0 Å². The third kappa shape index (κ3) is 3.10. The number of phenols is 1. The second-order valence-corrected chi connectivity index (χ2v) is 5.68. The van der Waals surface area contributed by atoms with E-state index in [2.05, 4.69) is 18.7 Å². The first-order valence-corrected chi connectivity index (χ1v) is 7.42. The maximum Gasteiger partial charge on any atom is 0.115 e. The van der Waals surface area contributed by atoms with E-state index in [0.29, 0.717) is 23.8 Å². The van der Waals surface area contributed by atoms with E-state index in [-0.39, 0.29) is 0 Å². The molecule has 1 saturated heterocycles. The van der Waals surface area contributed by atoms with Crippen molar-refractivity contribution in [2.24, 2.45) is 11.7 Å². The highest BCUT2D eigenvalue weighted by Crippen LogP contribution is 2.33. The molecule has 0 aliphatic carbocycles. The van der Waals surface area contributed by atoms with Crippen LogP contribution in [0.1, 0.15) is 44.7 Å². The first kappa shape index (κ1) is 14.4. The van der Waals surface area contributed by atoms with Crippen LogP contribution in [-0.4, -0.2) is 29.1 Å². The van der Waals surface area contributed by atoms with Crippen molar-refractivity contribution in [1.82, 2.24) is 4.90 Å². The number of benzene rings is 1. The Kier molecular flexibility index (Phi) is 4.83. The number of piperidine rings is 1. The van der Waals surface area contributed by atoms with Crippen molar-refractivity contribution >= 4 is 0 Å². The van der Waals surface area contributed by atoms with Crippen molar-refractivity contribution in [1.29, 1.82) is 0 Å². The van der Waals surface area contributed by atoms with Crippen LogP contribution in [0, 0.1) is 5.92 Å². The highest BCUT2D eigenvalue weighted by atomic mass is 16.3. The third-order valence-electron chi connectivity index (χ3n) is 4.46. The Hall–Kier alpha value is -1.06. The summed E-state index contributed by atoms with van der Waals surface area (Å²) in [6.07, 6.45) is 3.62. The number of likely N-dealkylation sites (tertiary alicyclic amines) is 1. The van der Waals surface area contributed by atoms with Crippen LogP contribution >= 0.6 is 0 Å². The zero-order chi connectivity index (χ0) is 13.8. The van der Waals surface area contributed by atoms with E-state index in [1.807, 2.05) is 12.1 Å². The van der Waals surface area contributed by atoms with Crippen LogP contribution in [0.5, 0.6) is 5.75 Å². The van der Waals surface area contributed by atoms with Crippen LogP contribution in [0.2, 0.25) is 0 Å². The number of aromatic hydroxyl groups is 1. The Labute approximate surface area is 116 Å². The number of nitrogens with two attached hydrogens (primary N) is 1. The smallest absolute Gasteiger partial charge is 0.115 e. The van der Waals surface area contributed by atoms with Gasteiger partial charge in [-0.2, -0.15) is 0 Å². The van der Waals surface area contributed by atoms with E-state index in [1.54, 1.807) is 12.1 Å². The lowest BCUT2D eigenvalue weighted by atomic mass is 9.87. The van der Waals surface area contributed by atoms with E-state index >= 15 is 0 Å². The van der Waals surface area contributed by atoms with Gasteiger partial charge in [-0.1, -0.05) is 26.0 Å². The summed E-state index contributed by atoms with van der Waals surface area (Å²) in [7, 11) is 0. The number of nitrogens with zero attached hydrogens (tertiary/aromatic N) is 1. The molecule has 3 nitrogen and oxygen atoms in total. The Morgan fingerprint density at radius 2 is 2.05 bits per heavy atom. The molecule has 3 heteroatoms. The molecule has 1 aliphatic rings. The van der Waals surface area contributed by atoms with Gasteiger partial charge in [-0.05, 0) is 49.4 Å². The van der Waals surface area contributed by atoms with E-state index in [9.17, 15) is 5.11 Å². The average molecular weight is 262 g/mol. The fourth-order valence-electron chi connectivity index (χ4n) is 3.39. The van der Waals surface area contributed by atoms with Crippen LogP contribution in [0.4, 0.5) is 0 Å². The first-order valence-electron chi connectivity index (χ1n) is 7.42. The fraction of sp³-hybridized carbons (Fsp3) is 0.625. The van der Waals surface area contributed by atoms with Gasteiger partial charge in [0.1, 0.15) is 5.75 Å². The molecule has 3 unspecified atom stereocenters. The van der Waals surface area contributed by atoms with Gasteiger partial charge in [-0.3, -0.25) is 4.90 Å². The number of hydrogen-bond acceptors (Lipinski definition) is 3. The normalized spacial score (nSPS) is 26.3. The molecule has 1 fully saturated rings. The summed E-state index contributed by atoms with van der Waals surface area (Å²) in [6.45, 7) is 6.40. The fourth-order valence-corrected chi connectivity index (χ4v) is 3.39. The molecule has 3 atom stereocenters. The summed E-state index contributed by atoms with van der Waals surface area (Å²) in [6, 6.07) is 8.53. The molecule has 1 heterocycles. The Morgan fingerprint density at radius 3 is 2.63 bits per heavy atom. The van der Waals surface area contributed by atoms with E-state index in [4.69, 9.17) is 5.73 Å². The molecule has 106 valence electrons. The van der Waals surface area contributed by atoms with Crippen LogP contribution in [0.3, 0.4) is 0 Å². The molecule has 2 rings (SSSR count). The van der Waals surface area contributed by atoms with Crippen molar-refractivity contribution in [3.8, 4) is 5.75 Å². The Morgan fingerprint density at radius 1 is 1.37 bits per heavy atom. The number of hydrogen-bond donors (Lipinski definition) is 2. The molecule has 3 N–H and O–H groups in total. The minimum Gasteiger partial charge on any atom is -0.508 e. The molecule has 0 spiro atoms. The lowest BCUT2D eigenvalue weighted by Gasteiger charge is -2.44. The Bertz CT molecular complexity index is 390. The minimum absolute atomic E-state index is 0.334. The van der Waals surface area contributed by atoms with Gasteiger partial charge in [-0.25, -0.2) is 0 Å². The summed E-state index contributed by atoms with van der Waals surface area (Å²) >= 11 is 0. The van der Waals surface area contributed by atoms with Gasteiger partial charge in [0.2, 0.25) is 0 Å². The predicted molar refractivity (Wildman–Crippen MR) is 79.1 cm³/mol. The molecule has 1 aromatic rings. The summed E-state index contributed by atoms with van der Waals surface area (Å²) in [5.74, 6) is 1.01. The van der Waals surface area contributed by atoms with Gasteiger partial charge in [-0.15, -0.1) is 0 Å².